The lowest BCUT2D eigenvalue weighted by Gasteiger charge is -2.12. The second kappa shape index (κ2) is 6.81. The van der Waals surface area contributed by atoms with Crippen molar-refractivity contribution in [3.8, 4) is 5.82 Å². The summed E-state index contributed by atoms with van der Waals surface area (Å²) in [6.45, 7) is 3.73. The molecule has 3 aromatic heterocycles. The Morgan fingerprint density at radius 1 is 1.06 bits per heavy atom. The van der Waals surface area contributed by atoms with Crippen molar-refractivity contribution in [2.75, 3.05) is 4.72 Å². The lowest BCUT2D eigenvalue weighted by atomic mass is 10.1. The molecular weight excluding hydrogens is 418 g/mol. The Morgan fingerprint density at radius 3 is 2.71 bits per heavy atom. The number of hydrogen-bond donors (Lipinski definition) is 2. The first-order valence-electron chi connectivity index (χ1n) is 9.39. The topological polar surface area (TPSA) is 123 Å². The maximum Gasteiger partial charge on any atom is 0.417 e. The van der Waals surface area contributed by atoms with E-state index in [1.54, 1.807) is 13.0 Å². The molecule has 0 aliphatic rings. The van der Waals surface area contributed by atoms with Crippen LogP contribution in [-0.2, 0) is 10.0 Å². The molecular formula is C21H17N5O4S. The zero-order valence-electron chi connectivity index (χ0n) is 16.6. The van der Waals surface area contributed by atoms with Gasteiger partial charge in [-0.25, -0.2) is 18.2 Å². The van der Waals surface area contributed by atoms with Gasteiger partial charge < -0.3 is 4.42 Å². The number of pyridine rings is 1. The summed E-state index contributed by atoms with van der Waals surface area (Å²) in [5.74, 6) is 0.0911. The van der Waals surface area contributed by atoms with E-state index in [-0.39, 0.29) is 16.3 Å². The summed E-state index contributed by atoms with van der Waals surface area (Å²) in [6, 6.07) is 15.4. The van der Waals surface area contributed by atoms with Crippen molar-refractivity contribution in [1.29, 1.82) is 0 Å². The minimum absolute atomic E-state index is 0.0456. The SMILES string of the molecule is Cc1cc(NS(=O)(=O)c2ccc3[nH]c(=O)oc3c2)n(-c2cc(C)c3ccccc3n2)n1. The molecule has 0 saturated heterocycles. The third kappa shape index (κ3) is 3.36. The number of nitrogens with one attached hydrogen (secondary N) is 2. The molecule has 0 amide bonds. The van der Waals surface area contributed by atoms with E-state index in [2.05, 4.69) is 19.8 Å². The predicted octanol–water partition coefficient (Wildman–Crippen LogP) is 3.27. The molecule has 5 aromatic rings. The molecule has 2 N–H and O–H groups in total. The Labute approximate surface area is 176 Å². The average molecular weight is 435 g/mol. The lowest BCUT2D eigenvalue weighted by molar-refractivity contribution is 0.554. The van der Waals surface area contributed by atoms with Gasteiger partial charge in [0, 0.05) is 17.5 Å². The van der Waals surface area contributed by atoms with Crippen molar-refractivity contribution >= 4 is 37.8 Å². The van der Waals surface area contributed by atoms with Gasteiger partial charge in [0.1, 0.15) is 5.82 Å². The molecule has 0 atom stereocenters. The second-order valence-corrected chi connectivity index (χ2v) is 8.86. The molecule has 0 spiro atoms. The van der Waals surface area contributed by atoms with Crippen LogP contribution in [0.3, 0.4) is 0 Å². The van der Waals surface area contributed by atoms with Crippen LogP contribution in [0.4, 0.5) is 5.82 Å². The Morgan fingerprint density at radius 2 is 1.87 bits per heavy atom. The molecule has 0 aliphatic heterocycles. The van der Waals surface area contributed by atoms with E-state index >= 15 is 0 Å². The van der Waals surface area contributed by atoms with Gasteiger partial charge in [0.15, 0.2) is 11.4 Å². The highest BCUT2D eigenvalue weighted by Crippen LogP contribution is 2.25. The van der Waals surface area contributed by atoms with E-state index in [0.29, 0.717) is 17.0 Å². The maximum absolute atomic E-state index is 13.0. The molecule has 156 valence electrons. The molecule has 0 saturated carbocycles. The molecule has 9 nitrogen and oxygen atoms in total. The van der Waals surface area contributed by atoms with E-state index < -0.39 is 15.8 Å². The monoisotopic (exact) mass is 435 g/mol. The molecule has 5 rings (SSSR count). The molecule has 0 radical (unpaired) electrons. The van der Waals surface area contributed by atoms with Crippen molar-refractivity contribution in [2.24, 2.45) is 0 Å². The van der Waals surface area contributed by atoms with Crippen LogP contribution in [0.25, 0.3) is 27.8 Å². The number of para-hydroxylation sites is 1. The summed E-state index contributed by atoms with van der Waals surface area (Å²) < 4.78 is 35.0. The zero-order chi connectivity index (χ0) is 21.8. The molecule has 10 heteroatoms. The van der Waals surface area contributed by atoms with Gasteiger partial charge in [0.25, 0.3) is 10.0 Å². The normalized spacial score (nSPS) is 11.9. The summed E-state index contributed by atoms with van der Waals surface area (Å²) in [4.78, 5) is 18.4. The molecule has 3 heterocycles. The van der Waals surface area contributed by atoms with Gasteiger partial charge >= 0.3 is 5.76 Å². The quantitative estimate of drug-likeness (QED) is 0.447. The van der Waals surface area contributed by atoms with Gasteiger partial charge in [0.2, 0.25) is 0 Å². The van der Waals surface area contributed by atoms with Gasteiger partial charge in [-0.2, -0.15) is 9.78 Å². The highest BCUT2D eigenvalue weighted by Gasteiger charge is 2.20. The van der Waals surface area contributed by atoms with Gasteiger partial charge in [0.05, 0.1) is 21.6 Å². The lowest BCUT2D eigenvalue weighted by Crippen LogP contribution is -2.16. The standard InChI is InChI=1S/C21H17N5O4S/c1-12-9-19(22-16-6-4-3-5-15(12)16)26-20(10-13(2)24-26)25-31(28,29)14-7-8-17-18(11-14)30-21(27)23-17/h3-11,25H,1-2H3,(H,23,27). The highest BCUT2D eigenvalue weighted by molar-refractivity contribution is 7.92. The van der Waals surface area contributed by atoms with Crippen molar-refractivity contribution in [2.45, 2.75) is 18.7 Å². The van der Waals surface area contributed by atoms with Gasteiger partial charge in [-0.15, -0.1) is 0 Å². The number of fused-ring (bicyclic) bond motifs is 2. The largest absolute Gasteiger partial charge is 0.417 e. The van der Waals surface area contributed by atoms with Crippen LogP contribution < -0.4 is 10.5 Å². The summed E-state index contributed by atoms with van der Waals surface area (Å²) in [7, 11) is -3.98. The first kappa shape index (κ1) is 19.1. The molecule has 0 aliphatic carbocycles. The van der Waals surface area contributed by atoms with Crippen LogP contribution >= 0.6 is 0 Å². The van der Waals surface area contributed by atoms with Crippen molar-refractivity contribution in [3.05, 3.63) is 76.4 Å². The number of oxazole rings is 1. The number of rotatable bonds is 4. The number of sulfonamides is 1. The van der Waals surface area contributed by atoms with E-state index in [1.807, 2.05) is 37.3 Å². The van der Waals surface area contributed by atoms with Crippen LogP contribution in [0.5, 0.6) is 0 Å². The number of aromatic amines is 1. The van der Waals surface area contributed by atoms with Gasteiger partial charge in [-0.3, -0.25) is 9.71 Å². The minimum atomic E-state index is -3.98. The van der Waals surface area contributed by atoms with Crippen molar-refractivity contribution < 1.29 is 12.8 Å². The number of nitrogens with zero attached hydrogens (tertiary/aromatic N) is 3. The molecule has 0 bridgehead atoms. The summed E-state index contributed by atoms with van der Waals surface area (Å²) in [5, 5.41) is 5.43. The fraction of sp³-hybridized carbons (Fsp3) is 0.0952. The van der Waals surface area contributed by atoms with Crippen LogP contribution in [0.15, 0.2) is 68.7 Å². The third-order valence-corrected chi connectivity index (χ3v) is 6.25. The Hall–Kier alpha value is -3.92. The van der Waals surface area contributed by atoms with Crippen LogP contribution in [0.2, 0.25) is 0 Å². The van der Waals surface area contributed by atoms with Crippen LogP contribution in [0.1, 0.15) is 11.3 Å². The number of benzene rings is 2. The molecule has 0 unspecified atom stereocenters. The van der Waals surface area contributed by atoms with E-state index in [1.165, 1.54) is 22.9 Å². The highest BCUT2D eigenvalue weighted by atomic mass is 32.2. The smallest absolute Gasteiger partial charge is 0.408 e. The Bertz CT molecular complexity index is 1630. The van der Waals surface area contributed by atoms with E-state index in [0.717, 1.165) is 16.5 Å². The second-order valence-electron chi connectivity index (χ2n) is 7.18. The molecule has 2 aromatic carbocycles. The van der Waals surface area contributed by atoms with Crippen molar-refractivity contribution in [3.63, 3.8) is 0 Å². The number of hydrogen-bond acceptors (Lipinski definition) is 6. The summed E-state index contributed by atoms with van der Waals surface area (Å²) >= 11 is 0. The maximum atomic E-state index is 13.0. The van der Waals surface area contributed by atoms with E-state index in [4.69, 9.17) is 4.42 Å². The predicted molar refractivity (Wildman–Crippen MR) is 116 cm³/mol. The van der Waals surface area contributed by atoms with Crippen molar-refractivity contribution in [1.82, 2.24) is 19.7 Å². The van der Waals surface area contributed by atoms with Crippen LogP contribution in [0, 0.1) is 13.8 Å². The fourth-order valence-corrected chi connectivity index (χ4v) is 4.52. The summed E-state index contributed by atoms with van der Waals surface area (Å²) in [6.07, 6.45) is 0. The minimum Gasteiger partial charge on any atom is -0.408 e. The molecule has 31 heavy (non-hydrogen) atoms. The summed E-state index contributed by atoms with van der Waals surface area (Å²) in [5.41, 5.74) is 2.98. The molecule has 0 fully saturated rings. The number of aromatic nitrogens is 4. The van der Waals surface area contributed by atoms with Gasteiger partial charge in [-0.1, -0.05) is 18.2 Å². The number of aryl methyl sites for hydroxylation is 2. The third-order valence-electron chi connectivity index (χ3n) is 4.90. The first-order chi connectivity index (χ1) is 14.8. The van der Waals surface area contributed by atoms with Crippen LogP contribution in [-0.4, -0.2) is 28.2 Å². The first-order valence-corrected chi connectivity index (χ1v) is 10.9. The number of H-pyrrole nitrogens is 1. The van der Waals surface area contributed by atoms with E-state index in [9.17, 15) is 13.2 Å². The fourth-order valence-electron chi connectivity index (χ4n) is 3.48. The zero-order valence-corrected chi connectivity index (χ0v) is 17.4. The van der Waals surface area contributed by atoms with Gasteiger partial charge in [-0.05, 0) is 43.7 Å². The Kier molecular flexibility index (Phi) is 4.19. The Balaban J connectivity index is 1.58. The number of anilines is 1. The average Bonchev–Trinajstić information content (AvgIpc) is 3.28.